The minimum Gasteiger partial charge on any atom is -0.496 e. The van der Waals surface area contributed by atoms with Crippen molar-refractivity contribution in [2.45, 2.75) is 31.8 Å². The van der Waals surface area contributed by atoms with Crippen LogP contribution in [0.3, 0.4) is 0 Å². The Balaban J connectivity index is 2.37. The molecule has 1 N–H and O–H groups in total. The van der Waals surface area contributed by atoms with Crippen molar-refractivity contribution < 1.29 is 18.3 Å². The van der Waals surface area contributed by atoms with E-state index in [4.69, 9.17) is 4.74 Å². The lowest BCUT2D eigenvalue weighted by Gasteiger charge is -2.24. The number of aliphatic hydroxyl groups excluding tert-OH is 1. The molecule has 6 heteroatoms. The molecule has 2 rings (SSSR count). The van der Waals surface area contributed by atoms with E-state index in [1.165, 1.54) is 11.4 Å². The van der Waals surface area contributed by atoms with Crippen LogP contribution < -0.4 is 4.74 Å². The quantitative estimate of drug-likeness (QED) is 0.857. The summed E-state index contributed by atoms with van der Waals surface area (Å²) < 4.78 is 32.6. The van der Waals surface area contributed by atoms with Gasteiger partial charge in [0.2, 0.25) is 10.0 Å². The molecule has 0 fully saturated rings. The molecule has 0 bridgehead atoms. The Morgan fingerprint density at radius 2 is 1.72 bits per heavy atom. The largest absolute Gasteiger partial charge is 0.496 e. The van der Waals surface area contributed by atoms with Crippen LogP contribution in [0.1, 0.15) is 28.4 Å². The molecule has 0 radical (unpaired) electrons. The summed E-state index contributed by atoms with van der Waals surface area (Å²) in [6.07, 6.45) is -0.888. The van der Waals surface area contributed by atoms with Crippen molar-refractivity contribution in [3.8, 4) is 5.75 Å². The molecule has 0 amide bonds. The second kappa shape index (κ2) is 7.56. The van der Waals surface area contributed by atoms with Gasteiger partial charge in [-0.1, -0.05) is 30.3 Å². The van der Waals surface area contributed by atoms with Crippen molar-refractivity contribution in [1.29, 1.82) is 0 Å². The van der Waals surface area contributed by atoms with Crippen LogP contribution in [-0.2, 0) is 10.0 Å². The Morgan fingerprint density at radius 1 is 1.12 bits per heavy atom. The van der Waals surface area contributed by atoms with Crippen LogP contribution in [-0.4, -0.2) is 38.5 Å². The number of aryl methyl sites for hydroxylation is 1. The van der Waals surface area contributed by atoms with Gasteiger partial charge in [-0.2, -0.15) is 4.31 Å². The summed E-state index contributed by atoms with van der Waals surface area (Å²) in [7, 11) is -0.680. The number of methoxy groups -OCH3 is 1. The van der Waals surface area contributed by atoms with Crippen LogP contribution in [0.15, 0.2) is 41.3 Å². The third-order valence-corrected chi connectivity index (χ3v) is 6.59. The number of benzene rings is 2. The minimum absolute atomic E-state index is 0.0176. The van der Waals surface area contributed by atoms with E-state index in [2.05, 4.69) is 0 Å². The lowest BCUT2D eigenvalue weighted by molar-refractivity contribution is 0.155. The highest BCUT2D eigenvalue weighted by atomic mass is 32.2. The van der Waals surface area contributed by atoms with Gasteiger partial charge >= 0.3 is 0 Å². The highest BCUT2D eigenvalue weighted by molar-refractivity contribution is 7.89. The van der Waals surface area contributed by atoms with Gasteiger partial charge in [-0.25, -0.2) is 8.42 Å². The number of rotatable bonds is 6. The van der Waals surface area contributed by atoms with Crippen molar-refractivity contribution in [3.63, 3.8) is 0 Å². The summed E-state index contributed by atoms with van der Waals surface area (Å²) >= 11 is 0. The SMILES string of the molecule is COc1cc(C)c(S(=O)(=O)N(C)CC(O)c2ccccc2)c(C)c1C. The minimum atomic E-state index is -3.73. The van der Waals surface area contributed by atoms with Gasteiger partial charge in [-0.3, -0.25) is 0 Å². The number of aliphatic hydroxyl groups is 1. The number of hydrogen-bond donors (Lipinski definition) is 1. The lowest BCUT2D eigenvalue weighted by Crippen LogP contribution is -2.32. The Kier molecular flexibility index (Phi) is 5.87. The summed E-state index contributed by atoms with van der Waals surface area (Å²) in [6.45, 7) is 5.35. The van der Waals surface area contributed by atoms with Crippen molar-refractivity contribution in [2.24, 2.45) is 0 Å². The maximum atomic E-state index is 13.1. The Labute approximate surface area is 149 Å². The fourth-order valence-electron chi connectivity index (χ4n) is 2.91. The van der Waals surface area contributed by atoms with Crippen LogP contribution in [0, 0.1) is 20.8 Å². The van der Waals surface area contributed by atoms with E-state index in [1.54, 1.807) is 39.2 Å². The van der Waals surface area contributed by atoms with E-state index in [9.17, 15) is 13.5 Å². The summed E-state index contributed by atoms with van der Waals surface area (Å²) in [5, 5.41) is 10.4. The first-order valence-electron chi connectivity index (χ1n) is 8.04. The van der Waals surface area contributed by atoms with Gasteiger partial charge in [0, 0.05) is 13.6 Å². The molecule has 136 valence electrons. The Morgan fingerprint density at radius 3 is 2.28 bits per heavy atom. The van der Waals surface area contributed by atoms with E-state index in [-0.39, 0.29) is 11.4 Å². The maximum absolute atomic E-state index is 13.1. The van der Waals surface area contributed by atoms with E-state index in [1.807, 2.05) is 25.1 Å². The van der Waals surface area contributed by atoms with Crippen LogP contribution in [0.4, 0.5) is 0 Å². The highest BCUT2D eigenvalue weighted by Crippen LogP contribution is 2.32. The third-order valence-electron chi connectivity index (χ3n) is 4.48. The molecule has 5 nitrogen and oxygen atoms in total. The summed E-state index contributed by atoms with van der Waals surface area (Å²) in [4.78, 5) is 0.272. The van der Waals surface area contributed by atoms with E-state index >= 15 is 0 Å². The molecular weight excluding hydrogens is 338 g/mol. The molecule has 0 aliphatic rings. The molecule has 1 unspecified atom stereocenters. The first kappa shape index (κ1) is 19.4. The molecular formula is C19H25NO4S. The van der Waals surface area contributed by atoms with Crippen molar-refractivity contribution in [1.82, 2.24) is 4.31 Å². The van der Waals surface area contributed by atoms with Crippen molar-refractivity contribution in [2.75, 3.05) is 20.7 Å². The van der Waals surface area contributed by atoms with Gasteiger partial charge < -0.3 is 9.84 Å². The summed E-state index contributed by atoms with van der Waals surface area (Å²) in [5.41, 5.74) is 2.77. The van der Waals surface area contributed by atoms with Crippen molar-refractivity contribution >= 4 is 10.0 Å². The smallest absolute Gasteiger partial charge is 0.243 e. The third kappa shape index (κ3) is 3.86. The van der Waals surface area contributed by atoms with Crippen LogP contribution in [0.5, 0.6) is 5.75 Å². The van der Waals surface area contributed by atoms with Crippen LogP contribution in [0.2, 0.25) is 0 Å². The van der Waals surface area contributed by atoms with E-state index in [0.717, 1.165) is 5.56 Å². The molecule has 2 aromatic carbocycles. The Bertz CT molecular complexity index is 847. The normalized spacial score (nSPS) is 13.1. The first-order chi connectivity index (χ1) is 11.7. The Hall–Kier alpha value is -1.89. The molecule has 2 aromatic rings. The number of likely N-dealkylation sites (N-methyl/N-ethyl adjacent to an activating group) is 1. The van der Waals surface area contributed by atoms with Gasteiger partial charge in [-0.15, -0.1) is 0 Å². The number of hydrogen-bond acceptors (Lipinski definition) is 4. The highest BCUT2D eigenvalue weighted by Gasteiger charge is 2.28. The second-order valence-corrected chi connectivity index (χ2v) is 8.17. The molecule has 0 saturated heterocycles. The molecule has 1 atom stereocenters. The molecule has 0 aliphatic heterocycles. The number of nitrogens with zero attached hydrogens (tertiary/aromatic N) is 1. The van der Waals surface area contributed by atoms with Gasteiger partial charge in [0.1, 0.15) is 5.75 Å². The van der Waals surface area contributed by atoms with Gasteiger partial charge in [0.05, 0.1) is 18.1 Å². The molecule has 0 aliphatic carbocycles. The number of sulfonamides is 1. The predicted molar refractivity (Wildman–Crippen MR) is 98.4 cm³/mol. The first-order valence-corrected chi connectivity index (χ1v) is 9.48. The zero-order valence-electron chi connectivity index (χ0n) is 15.3. The summed E-state index contributed by atoms with van der Waals surface area (Å²) in [5.74, 6) is 0.668. The monoisotopic (exact) mass is 363 g/mol. The van der Waals surface area contributed by atoms with E-state index < -0.39 is 16.1 Å². The zero-order chi connectivity index (χ0) is 18.8. The lowest BCUT2D eigenvalue weighted by atomic mass is 10.1. The summed E-state index contributed by atoms with van der Waals surface area (Å²) in [6, 6.07) is 10.8. The second-order valence-electron chi connectivity index (χ2n) is 6.19. The predicted octanol–water partition coefficient (Wildman–Crippen LogP) is 2.97. The van der Waals surface area contributed by atoms with Gasteiger partial charge in [0.25, 0.3) is 0 Å². The average molecular weight is 363 g/mol. The maximum Gasteiger partial charge on any atom is 0.243 e. The molecule has 0 aromatic heterocycles. The molecule has 0 heterocycles. The zero-order valence-corrected chi connectivity index (χ0v) is 16.1. The standard InChI is InChI=1S/C19H25NO4S/c1-13-11-18(24-5)14(2)15(3)19(13)25(22,23)20(4)12-17(21)16-9-7-6-8-10-16/h6-11,17,21H,12H2,1-5H3. The average Bonchev–Trinajstić information content (AvgIpc) is 2.58. The van der Waals surface area contributed by atoms with Gasteiger partial charge in [-0.05, 0) is 49.1 Å². The topological polar surface area (TPSA) is 66.8 Å². The molecule has 0 spiro atoms. The van der Waals surface area contributed by atoms with E-state index in [0.29, 0.717) is 22.4 Å². The van der Waals surface area contributed by atoms with Crippen LogP contribution >= 0.6 is 0 Å². The van der Waals surface area contributed by atoms with Gasteiger partial charge in [0.15, 0.2) is 0 Å². The fraction of sp³-hybridized carbons (Fsp3) is 0.368. The van der Waals surface area contributed by atoms with Crippen LogP contribution in [0.25, 0.3) is 0 Å². The molecule has 25 heavy (non-hydrogen) atoms. The number of ether oxygens (including phenoxy) is 1. The molecule has 0 saturated carbocycles. The fourth-order valence-corrected chi connectivity index (χ4v) is 4.56. The van der Waals surface area contributed by atoms with Crippen molar-refractivity contribution in [3.05, 3.63) is 58.7 Å².